The molecule has 0 amide bonds. The van der Waals surface area contributed by atoms with Gasteiger partial charge in [-0.15, -0.1) is 0 Å². The molecule has 0 fully saturated rings. The van der Waals surface area contributed by atoms with Crippen molar-refractivity contribution >= 4 is 39.1 Å². The van der Waals surface area contributed by atoms with Crippen LogP contribution < -0.4 is 11.1 Å². The molecule has 1 aromatic carbocycles. The van der Waals surface area contributed by atoms with Gasteiger partial charge in [-0.25, -0.2) is 14.2 Å². The van der Waals surface area contributed by atoms with Gasteiger partial charge in [0.2, 0.25) is 0 Å². The van der Waals surface area contributed by atoms with Crippen molar-refractivity contribution in [1.29, 1.82) is 0 Å². The van der Waals surface area contributed by atoms with Crippen LogP contribution in [0, 0.1) is 5.82 Å². The van der Waals surface area contributed by atoms with Crippen LogP contribution in [0.1, 0.15) is 17.3 Å². The van der Waals surface area contributed by atoms with Crippen molar-refractivity contribution in [2.24, 2.45) is 0 Å². The third-order valence-electron chi connectivity index (χ3n) is 2.67. The van der Waals surface area contributed by atoms with Crippen molar-refractivity contribution in [3.8, 4) is 0 Å². The first-order valence-corrected chi connectivity index (χ1v) is 6.96. The van der Waals surface area contributed by atoms with Crippen LogP contribution in [0.4, 0.5) is 21.6 Å². The summed E-state index contributed by atoms with van der Waals surface area (Å²) in [5.41, 5.74) is 6.74. The Hall–Kier alpha value is -2.15. The molecule has 3 N–H and O–H groups in total. The van der Waals surface area contributed by atoms with E-state index in [0.29, 0.717) is 10.2 Å². The molecule has 0 bridgehead atoms. The first kappa shape index (κ1) is 15.2. The molecular formula is C14H13BrFN3O2. The van der Waals surface area contributed by atoms with Gasteiger partial charge in [-0.2, -0.15) is 0 Å². The number of hydrogen-bond donors (Lipinski definition) is 2. The van der Waals surface area contributed by atoms with E-state index in [2.05, 4.69) is 26.2 Å². The zero-order valence-electron chi connectivity index (χ0n) is 11.2. The number of anilines is 3. The summed E-state index contributed by atoms with van der Waals surface area (Å²) in [5.74, 6) is -0.676. The Labute approximate surface area is 129 Å². The first-order valence-electron chi connectivity index (χ1n) is 6.16. The molecule has 0 unspecified atom stereocenters. The molecule has 7 heteroatoms. The highest BCUT2D eigenvalue weighted by Gasteiger charge is 2.14. The number of aromatic nitrogens is 1. The molecule has 0 radical (unpaired) electrons. The van der Waals surface area contributed by atoms with Gasteiger partial charge in [-0.05, 0) is 47.1 Å². The first-order chi connectivity index (χ1) is 10.0. The highest BCUT2D eigenvalue weighted by Crippen LogP contribution is 2.26. The molecule has 0 aliphatic rings. The lowest BCUT2D eigenvalue weighted by molar-refractivity contribution is 0.0527. The molecule has 110 valence electrons. The summed E-state index contributed by atoms with van der Waals surface area (Å²) >= 11 is 3.07. The summed E-state index contributed by atoms with van der Waals surface area (Å²) in [6.45, 7) is 1.96. The second-order valence-corrected chi connectivity index (χ2v) is 4.95. The van der Waals surface area contributed by atoms with Gasteiger partial charge in [0.15, 0.2) is 5.82 Å². The van der Waals surface area contributed by atoms with Crippen LogP contribution in [0.25, 0.3) is 0 Å². The Kier molecular flexibility index (Phi) is 4.74. The number of hydrogen-bond acceptors (Lipinski definition) is 5. The van der Waals surface area contributed by atoms with Gasteiger partial charge in [0.1, 0.15) is 5.82 Å². The van der Waals surface area contributed by atoms with Gasteiger partial charge < -0.3 is 15.8 Å². The van der Waals surface area contributed by atoms with Crippen molar-refractivity contribution in [2.45, 2.75) is 6.92 Å². The van der Waals surface area contributed by atoms with E-state index in [0.717, 1.165) is 0 Å². The number of halogens is 2. The van der Waals surface area contributed by atoms with Gasteiger partial charge >= 0.3 is 5.97 Å². The van der Waals surface area contributed by atoms with E-state index in [1.165, 1.54) is 18.3 Å². The van der Waals surface area contributed by atoms with Gasteiger partial charge in [0, 0.05) is 11.9 Å². The maximum Gasteiger partial charge on any atom is 0.340 e. The predicted octanol–water partition coefficient (Wildman–Crippen LogP) is 3.49. The molecule has 5 nitrogen and oxygen atoms in total. The summed E-state index contributed by atoms with van der Waals surface area (Å²) < 4.78 is 18.7. The van der Waals surface area contributed by atoms with Crippen LogP contribution >= 0.6 is 15.9 Å². The standard InChI is InChI=1S/C14H13BrFN3O2/c1-2-21-14(20)9-5-6-18-13(12(9)17)19-8-3-4-10(15)11(16)7-8/h3-7H,2,17H2,1H3,(H,18,19). The van der Waals surface area contributed by atoms with Crippen molar-refractivity contribution in [1.82, 2.24) is 4.98 Å². The molecule has 0 aliphatic heterocycles. The van der Waals surface area contributed by atoms with Crippen molar-refractivity contribution in [2.75, 3.05) is 17.7 Å². The fourth-order valence-corrected chi connectivity index (χ4v) is 1.92. The van der Waals surface area contributed by atoms with Crippen LogP contribution in [0.3, 0.4) is 0 Å². The Morgan fingerprint density at radius 3 is 2.90 bits per heavy atom. The van der Waals surface area contributed by atoms with Crippen LogP contribution in [0.5, 0.6) is 0 Å². The maximum atomic E-state index is 13.5. The second kappa shape index (κ2) is 6.53. The lowest BCUT2D eigenvalue weighted by Gasteiger charge is -2.11. The van der Waals surface area contributed by atoms with Crippen LogP contribution in [-0.4, -0.2) is 17.6 Å². The summed E-state index contributed by atoms with van der Waals surface area (Å²) in [5, 5.41) is 2.87. The highest BCUT2D eigenvalue weighted by molar-refractivity contribution is 9.10. The molecule has 0 saturated heterocycles. The Balaban J connectivity index is 2.30. The summed E-state index contributed by atoms with van der Waals surface area (Å²) in [6, 6.07) is 5.98. The maximum absolute atomic E-state index is 13.5. The average Bonchev–Trinajstić information content (AvgIpc) is 2.45. The number of nitrogen functional groups attached to an aromatic ring is 1. The number of carbonyl (C=O) groups is 1. The number of benzene rings is 1. The minimum Gasteiger partial charge on any atom is -0.462 e. The van der Waals surface area contributed by atoms with E-state index < -0.39 is 11.8 Å². The Morgan fingerprint density at radius 1 is 1.48 bits per heavy atom. The summed E-state index contributed by atoms with van der Waals surface area (Å²) in [4.78, 5) is 15.8. The summed E-state index contributed by atoms with van der Waals surface area (Å²) in [7, 11) is 0. The molecule has 2 rings (SSSR count). The lowest BCUT2D eigenvalue weighted by Crippen LogP contribution is -2.10. The Morgan fingerprint density at radius 2 is 2.24 bits per heavy atom. The molecule has 2 aromatic rings. The minimum absolute atomic E-state index is 0.152. The highest BCUT2D eigenvalue weighted by atomic mass is 79.9. The fourth-order valence-electron chi connectivity index (χ4n) is 1.67. The molecule has 0 saturated carbocycles. The number of carbonyl (C=O) groups excluding carboxylic acids is 1. The number of nitrogens with zero attached hydrogens (tertiary/aromatic N) is 1. The van der Waals surface area contributed by atoms with E-state index in [4.69, 9.17) is 10.5 Å². The zero-order chi connectivity index (χ0) is 15.4. The number of rotatable bonds is 4. The van der Waals surface area contributed by atoms with Crippen molar-refractivity contribution in [3.63, 3.8) is 0 Å². The zero-order valence-corrected chi connectivity index (χ0v) is 12.8. The molecule has 0 spiro atoms. The van der Waals surface area contributed by atoms with Gasteiger partial charge in [0.05, 0.1) is 22.3 Å². The SMILES string of the molecule is CCOC(=O)c1ccnc(Nc2ccc(Br)c(F)c2)c1N. The predicted molar refractivity (Wildman–Crippen MR) is 82.0 cm³/mol. The average molecular weight is 354 g/mol. The molecule has 0 atom stereocenters. The number of ether oxygens (including phenoxy) is 1. The van der Waals surface area contributed by atoms with Crippen molar-refractivity contribution in [3.05, 3.63) is 46.3 Å². The van der Waals surface area contributed by atoms with Crippen LogP contribution in [0.15, 0.2) is 34.9 Å². The second-order valence-electron chi connectivity index (χ2n) is 4.10. The van der Waals surface area contributed by atoms with Gasteiger partial charge in [0.25, 0.3) is 0 Å². The van der Waals surface area contributed by atoms with Gasteiger partial charge in [-0.1, -0.05) is 0 Å². The van der Waals surface area contributed by atoms with Gasteiger partial charge in [-0.3, -0.25) is 0 Å². The fraction of sp³-hybridized carbons (Fsp3) is 0.143. The molecule has 1 heterocycles. The Bertz CT molecular complexity index is 679. The normalized spacial score (nSPS) is 10.2. The smallest absolute Gasteiger partial charge is 0.340 e. The third-order valence-corrected chi connectivity index (χ3v) is 3.31. The third kappa shape index (κ3) is 3.49. The van der Waals surface area contributed by atoms with E-state index in [-0.39, 0.29) is 23.7 Å². The molecular weight excluding hydrogens is 341 g/mol. The van der Waals surface area contributed by atoms with E-state index in [1.54, 1.807) is 19.1 Å². The number of pyridine rings is 1. The monoisotopic (exact) mass is 353 g/mol. The number of nitrogens with one attached hydrogen (secondary N) is 1. The van der Waals surface area contributed by atoms with Crippen LogP contribution in [0.2, 0.25) is 0 Å². The topological polar surface area (TPSA) is 77.2 Å². The van der Waals surface area contributed by atoms with E-state index >= 15 is 0 Å². The van der Waals surface area contributed by atoms with Crippen molar-refractivity contribution < 1.29 is 13.9 Å². The number of nitrogens with two attached hydrogens (primary N) is 1. The molecule has 21 heavy (non-hydrogen) atoms. The number of esters is 1. The largest absolute Gasteiger partial charge is 0.462 e. The van der Waals surface area contributed by atoms with E-state index in [1.807, 2.05) is 0 Å². The van der Waals surface area contributed by atoms with E-state index in [9.17, 15) is 9.18 Å². The van der Waals surface area contributed by atoms with Crippen LogP contribution in [-0.2, 0) is 4.74 Å². The lowest BCUT2D eigenvalue weighted by atomic mass is 10.2. The molecule has 0 aliphatic carbocycles. The quantitative estimate of drug-likeness (QED) is 0.822. The molecule has 1 aromatic heterocycles. The summed E-state index contributed by atoms with van der Waals surface area (Å²) in [6.07, 6.45) is 1.43. The minimum atomic E-state index is -0.526.